The predicted molar refractivity (Wildman–Crippen MR) is 66.5 cm³/mol. The molecule has 0 saturated heterocycles. The third-order valence-electron chi connectivity index (χ3n) is 3.48. The molecule has 0 aliphatic heterocycles. The Morgan fingerprint density at radius 1 is 1.37 bits per heavy atom. The molecule has 104 valence electrons. The van der Waals surface area contributed by atoms with Gasteiger partial charge in [-0.05, 0) is 37.0 Å². The first-order valence-electron chi connectivity index (χ1n) is 6.32. The zero-order valence-electron chi connectivity index (χ0n) is 11.0. The van der Waals surface area contributed by atoms with Gasteiger partial charge in [0.2, 0.25) is 5.91 Å². The van der Waals surface area contributed by atoms with Gasteiger partial charge in [-0.3, -0.25) is 4.79 Å². The quantitative estimate of drug-likeness (QED) is 0.892. The highest BCUT2D eigenvalue weighted by Crippen LogP contribution is 2.46. The summed E-state index contributed by atoms with van der Waals surface area (Å²) in [6.45, 7) is 1.84. The highest BCUT2D eigenvalue weighted by Gasteiger charge is 2.46. The van der Waals surface area contributed by atoms with Crippen LogP contribution in [0.1, 0.15) is 31.7 Å². The number of methoxy groups -OCH3 is 1. The summed E-state index contributed by atoms with van der Waals surface area (Å²) in [5.41, 5.74) is -0.157. The summed E-state index contributed by atoms with van der Waals surface area (Å²) >= 11 is 0. The van der Waals surface area contributed by atoms with Crippen LogP contribution < -0.4 is 5.32 Å². The van der Waals surface area contributed by atoms with Gasteiger partial charge in [0, 0.05) is 13.2 Å². The zero-order chi connectivity index (χ0) is 14.0. The zero-order valence-corrected chi connectivity index (χ0v) is 11.0. The average molecular weight is 269 g/mol. The molecule has 1 aromatic carbocycles. The lowest BCUT2D eigenvalue weighted by Crippen LogP contribution is -2.42. The summed E-state index contributed by atoms with van der Waals surface area (Å²) in [6.07, 6.45) is 1.38. The maximum atomic E-state index is 13.2. The molecule has 0 unspecified atom stereocenters. The molecule has 1 atom stereocenters. The number of nitrogens with one attached hydrogen (secondary N) is 1. The fourth-order valence-corrected chi connectivity index (χ4v) is 2.22. The van der Waals surface area contributed by atoms with Gasteiger partial charge in [-0.15, -0.1) is 0 Å². The van der Waals surface area contributed by atoms with Crippen LogP contribution in [0, 0.1) is 11.6 Å². The number of ether oxygens (including phenoxy) is 1. The van der Waals surface area contributed by atoms with Crippen molar-refractivity contribution in [3.8, 4) is 0 Å². The van der Waals surface area contributed by atoms with E-state index in [-0.39, 0.29) is 5.91 Å². The van der Waals surface area contributed by atoms with Crippen LogP contribution in [-0.2, 0) is 15.1 Å². The van der Waals surface area contributed by atoms with E-state index < -0.39 is 23.3 Å². The van der Waals surface area contributed by atoms with E-state index in [1.165, 1.54) is 19.2 Å². The maximum absolute atomic E-state index is 13.2. The van der Waals surface area contributed by atoms with E-state index in [0.717, 1.165) is 6.07 Å². The van der Waals surface area contributed by atoms with E-state index in [1.54, 1.807) is 0 Å². The SMILES string of the molecule is CC[C@@H](OC)C(=O)NC1(c2cc(F)cc(F)c2)CC1. The number of amides is 1. The summed E-state index contributed by atoms with van der Waals surface area (Å²) in [5.74, 6) is -1.50. The van der Waals surface area contributed by atoms with Gasteiger partial charge in [-0.1, -0.05) is 6.92 Å². The molecule has 1 aliphatic rings. The smallest absolute Gasteiger partial charge is 0.249 e. The van der Waals surface area contributed by atoms with Crippen LogP contribution in [0.4, 0.5) is 8.78 Å². The third-order valence-corrected chi connectivity index (χ3v) is 3.48. The standard InChI is InChI=1S/C14H17F2NO2/c1-3-12(19-2)13(18)17-14(4-5-14)9-6-10(15)8-11(16)7-9/h6-8,12H,3-5H2,1-2H3,(H,17,18)/t12-/m1/s1. The molecule has 2 rings (SSSR count). The van der Waals surface area contributed by atoms with E-state index in [2.05, 4.69) is 5.32 Å². The molecule has 1 aromatic rings. The molecule has 5 heteroatoms. The molecule has 1 N–H and O–H groups in total. The first-order valence-corrected chi connectivity index (χ1v) is 6.32. The Labute approximate surface area is 111 Å². The summed E-state index contributed by atoms with van der Waals surface area (Å²) in [7, 11) is 1.47. The van der Waals surface area contributed by atoms with Crippen LogP contribution in [-0.4, -0.2) is 19.1 Å². The Balaban J connectivity index is 2.17. The molecule has 0 bridgehead atoms. The van der Waals surface area contributed by atoms with Crippen LogP contribution in [0.2, 0.25) is 0 Å². The monoisotopic (exact) mass is 269 g/mol. The van der Waals surface area contributed by atoms with Crippen LogP contribution in [0.5, 0.6) is 0 Å². The Morgan fingerprint density at radius 2 is 1.95 bits per heavy atom. The normalized spacial score (nSPS) is 17.9. The topological polar surface area (TPSA) is 38.3 Å². The van der Waals surface area contributed by atoms with E-state index in [0.29, 0.717) is 24.8 Å². The van der Waals surface area contributed by atoms with E-state index in [4.69, 9.17) is 4.74 Å². The number of halogens is 2. The van der Waals surface area contributed by atoms with Gasteiger partial charge in [0.15, 0.2) is 0 Å². The van der Waals surface area contributed by atoms with Crippen molar-refractivity contribution < 1.29 is 18.3 Å². The predicted octanol–water partition coefficient (Wildman–Crippen LogP) is 2.50. The summed E-state index contributed by atoms with van der Waals surface area (Å²) < 4.78 is 31.5. The molecular formula is C14H17F2NO2. The van der Waals surface area contributed by atoms with Crippen molar-refractivity contribution >= 4 is 5.91 Å². The van der Waals surface area contributed by atoms with Crippen molar-refractivity contribution in [2.75, 3.05) is 7.11 Å². The highest BCUT2D eigenvalue weighted by molar-refractivity contribution is 5.82. The lowest BCUT2D eigenvalue weighted by atomic mass is 10.0. The Bertz CT molecular complexity index is 462. The second-order valence-corrected chi connectivity index (χ2v) is 4.86. The van der Waals surface area contributed by atoms with Crippen LogP contribution in [0.25, 0.3) is 0 Å². The van der Waals surface area contributed by atoms with Crippen molar-refractivity contribution in [2.24, 2.45) is 0 Å². The minimum absolute atomic E-state index is 0.243. The minimum Gasteiger partial charge on any atom is -0.372 e. The second-order valence-electron chi connectivity index (χ2n) is 4.86. The van der Waals surface area contributed by atoms with Gasteiger partial charge in [-0.2, -0.15) is 0 Å². The molecule has 1 fully saturated rings. The van der Waals surface area contributed by atoms with E-state index in [1.807, 2.05) is 6.92 Å². The molecule has 0 aromatic heterocycles. The van der Waals surface area contributed by atoms with Gasteiger partial charge < -0.3 is 10.1 Å². The molecule has 1 saturated carbocycles. The van der Waals surface area contributed by atoms with Gasteiger partial charge >= 0.3 is 0 Å². The van der Waals surface area contributed by atoms with Gasteiger partial charge in [0.1, 0.15) is 17.7 Å². The molecule has 0 spiro atoms. The third kappa shape index (κ3) is 2.92. The molecule has 1 aliphatic carbocycles. The fraction of sp³-hybridized carbons (Fsp3) is 0.500. The van der Waals surface area contributed by atoms with Gasteiger partial charge in [0.25, 0.3) is 0 Å². The Hall–Kier alpha value is -1.49. The highest BCUT2D eigenvalue weighted by atomic mass is 19.1. The molecule has 0 heterocycles. The first-order chi connectivity index (χ1) is 9.00. The Morgan fingerprint density at radius 3 is 2.37 bits per heavy atom. The van der Waals surface area contributed by atoms with Crippen molar-refractivity contribution in [3.05, 3.63) is 35.4 Å². The van der Waals surface area contributed by atoms with Crippen molar-refractivity contribution in [1.82, 2.24) is 5.32 Å². The largest absolute Gasteiger partial charge is 0.372 e. The molecule has 1 amide bonds. The number of carbonyl (C=O) groups excluding carboxylic acids is 1. The lowest BCUT2D eigenvalue weighted by Gasteiger charge is -2.21. The average Bonchev–Trinajstić information content (AvgIpc) is 3.10. The number of carbonyl (C=O) groups is 1. The minimum atomic E-state index is -0.633. The summed E-state index contributed by atoms with van der Waals surface area (Å²) in [4.78, 5) is 12.0. The molecule has 0 radical (unpaired) electrons. The summed E-state index contributed by atoms with van der Waals surface area (Å²) in [5, 5.41) is 2.84. The van der Waals surface area contributed by atoms with E-state index in [9.17, 15) is 13.6 Å². The maximum Gasteiger partial charge on any atom is 0.249 e. The van der Waals surface area contributed by atoms with Crippen molar-refractivity contribution in [1.29, 1.82) is 0 Å². The number of benzene rings is 1. The lowest BCUT2D eigenvalue weighted by molar-refractivity contribution is -0.132. The van der Waals surface area contributed by atoms with E-state index >= 15 is 0 Å². The number of rotatable bonds is 5. The van der Waals surface area contributed by atoms with Crippen LogP contribution in [0.15, 0.2) is 18.2 Å². The van der Waals surface area contributed by atoms with Gasteiger partial charge in [0.05, 0.1) is 5.54 Å². The van der Waals surface area contributed by atoms with Crippen molar-refractivity contribution in [3.63, 3.8) is 0 Å². The second kappa shape index (κ2) is 5.25. The number of hydrogen-bond donors (Lipinski definition) is 1. The van der Waals surface area contributed by atoms with Gasteiger partial charge in [-0.25, -0.2) is 8.78 Å². The fourth-order valence-electron chi connectivity index (χ4n) is 2.22. The molecular weight excluding hydrogens is 252 g/mol. The first kappa shape index (κ1) is 13.9. The summed E-state index contributed by atoms with van der Waals surface area (Å²) in [6, 6.07) is 3.36. The molecule has 3 nitrogen and oxygen atoms in total. The number of hydrogen-bond acceptors (Lipinski definition) is 2. The van der Waals surface area contributed by atoms with Crippen LogP contribution in [0.3, 0.4) is 0 Å². The van der Waals surface area contributed by atoms with Crippen LogP contribution >= 0.6 is 0 Å². The molecule has 19 heavy (non-hydrogen) atoms. The van der Waals surface area contributed by atoms with Crippen molar-refractivity contribution in [2.45, 2.75) is 37.8 Å². The Kier molecular flexibility index (Phi) is 3.85.